The molecule has 19 heavy (non-hydrogen) atoms. The topological polar surface area (TPSA) is 85.1 Å². The summed E-state index contributed by atoms with van der Waals surface area (Å²) in [6.45, 7) is 4.19. The lowest BCUT2D eigenvalue weighted by atomic mass is 10.1. The van der Waals surface area contributed by atoms with Crippen molar-refractivity contribution in [3.8, 4) is 0 Å². The smallest absolute Gasteiger partial charge is 0.187 e. The first-order valence-electron chi connectivity index (χ1n) is 6.72. The van der Waals surface area contributed by atoms with E-state index in [1.165, 1.54) is 0 Å². The quantitative estimate of drug-likeness (QED) is 0.809. The van der Waals surface area contributed by atoms with Crippen LogP contribution in [0.25, 0.3) is 0 Å². The number of anilines is 2. The van der Waals surface area contributed by atoms with Crippen LogP contribution in [0, 0.1) is 0 Å². The van der Waals surface area contributed by atoms with Crippen LogP contribution in [0.3, 0.4) is 0 Å². The Kier molecular flexibility index (Phi) is 4.35. The van der Waals surface area contributed by atoms with E-state index < -0.39 is 9.84 Å². The molecule has 0 aromatic carbocycles. The van der Waals surface area contributed by atoms with Crippen LogP contribution in [0.5, 0.6) is 0 Å². The zero-order valence-corrected chi connectivity index (χ0v) is 13.0. The molecule has 0 saturated heterocycles. The Labute approximate surface area is 118 Å². The lowest BCUT2D eigenvalue weighted by Crippen LogP contribution is -2.17. The van der Waals surface area contributed by atoms with Crippen LogP contribution in [0.4, 0.5) is 10.8 Å². The zero-order chi connectivity index (χ0) is 14.0. The largest absolute Gasteiger partial charge is 0.382 e. The normalized spacial score (nSPS) is 17.4. The van der Waals surface area contributed by atoms with Crippen molar-refractivity contribution in [3.63, 3.8) is 0 Å². The first-order valence-corrected chi connectivity index (χ1v) is 9.04. The summed E-state index contributed by atoms with van der Waals surface area (Å²) >= 11 is 1.14. The van der Waals surface area contributed by atoms with E-state index in [-0.39, 0.29) is 22.0 Å². The van der Waals surface area contributed by atoms with Crippen molar-refractivity contribution in [2.75, 3.05) is 11.1 Å². The second kappa shape index (κ2) is 5.66. The molecule has 1 aliphatic carbocycles. The van der Waals surface area contributed by atoms with Crippen LogP contribution >= 0.6 is 11.5 Å². The molecule has 1 aromatic heterocycles. The summed E-state index contributed by atoms with van der Waals surface area (Å²) in [5, 5.41) is 3.60. The van der Waals surface area contributed by atoms with Gasteiger partial charge in [0, 0.05) is 6.04 Å². The molecular weight excluding hydrogens is 282 g/mol. The van der Waals surface area contributed by atoms with E-state index in [0.29, 0.717) is 5.00 Å². The van der Waals surface area contributed by atoms with E-state index in [0.717, 1.165) is 43.6 Å². The molecule has 1 aliphatic rings. The summed E-state index contributed by atoms with van der Waals surface area (Å²) in [4.78, 5) is 0.225. The highest BCUT2D eigenvalue weighted by Crippen LogP contribution is 2.41. The molecule has 1 heterocycles. The summed E-state index contributed by atoms with van der Waals surface area (Å²) in [7, 11) is -3.29. The summed E-state index contributed by atoms with van der Waals surface area (Å²) in [5.74, 6) is 0.141. The Morgan fingerprint density at radius 3 is 2.79 bits per heavy atom. The van der Waals surface area contributed by atoms with Gasteiger partial charge in [-0.1, -0.05) is 19.8 Å². The number of aromatic nitrogens is 1. The standard InChI is InChI=1S/C12H21N3O2S2/c1-3-4-5-8(2)14-12-10(11(13)15-18-12)19(16,17)9-6-7-9/h8-9,14H,3-7H2,1-2H3,(H2,13,15). The lowest BCUT2D eigenvalue weighted by molar-refractivity contribution is 0.595. The molecule has 0 radical (unpaired) electrons. The summed E-state index contributed by atoms with van der Waals surface area (Å²) in [5.41, 5.74) is 5.75. The molecule has 1 atom stereocenters. The minimum absolute atomic E-state index is 0.141. The Balaban J connectivity index is 2.18. The van der Waals surface area contributed by atoms with Gasteiger partial charge in [0.15, 0.2) is 15.7 Å². The molecule has 3 N–H and O–H groups in total. The zero-order valence-electron chi connectivity index (χ0n) is 11.3. The SMILES string of the molecule is CCCCC(C)Nc1snc(N)c1S(=O)(=O)C1CC1. The Morgan fingerprint density at radius 1 is 1.53 bits per heavy atom. The maximum Gasteiger partial charge on any atom is 0.187 e. The van der Waals surface area contributed by atoms with Crippen molar-refractivity contribution < 1.29 is 8.42 Å². The van der Waals surface area contributed by atoms with Crippen LogP contribution in [0.15, 0.2) is 4.90 Å². The molecule has 108 valence electrons. The van der Waals surface area contributed by atoms with Crippen LogP contribution in [0.2, 0.25) is 0 Å². The third-order valence-corrected chi connectivity index (χ3v) is 6.54. The van der Waals surface area contributed by atoms with Crippen molar-refractivity contribution in [3.05, 3.63) is 0 Å². The minimum atomic E-state index is -3.29. The van der Waals surface area contributed by atoms with Gasteiger partial charge in [0.1, 0.15) is 9.90 Å². The number of nitrogens with one attached hydrogen (secondary N) is 1. The molecule has 0 amide bonds. The van der Waals surface area contributed by atoms with Gasteiger partial charge in [-0.25, -0.2) is 8.42 Å². The van der Waals surface area contributed by atoms with Crippen LogP contribution in [-0.2, 0) is 9.84 Å². The average Bonchev–Trinajstić information content (AvgIpc) is 3.13. The molecule has 0 spiro atoms. The highest BCUT2D eigenvalue weighted by molar-refractivity contribution is 7.92. The van der Waals surface area contributed by atoms with Crippen molar-refractivity contribution in [2.24, 2.45) is 0 Å². The van der Waals surface area contributed by atoms with Gasteiger partial charge in [0.25, 0.3) is 0 Å². The number of sulfone groups is 1. The highest BCUT2D eigenvalue weighted by Gasteiger charge is 2.40. The molecule has 1 unspecified atom stereocenters. The van der Waals surface area contributed by atoms with Crippen LogP contribution < -0.4 is 11.1 Å². The second-order valence-corrected chi connectivity index (χ2v) is 8.10. The van der Waals surface area contributed by atoms with Crippen LogP contribution in [0.1, 0.15) is 46.0 Å². The minimum Gasteiger partial charge on any atom is -0.382 e. The van der Waals surface area contributed by atoms with Gasteiger partial charge in [0.2, 0.25) is 0 Å². The number of unbranched alkanes of at least 4 members (excludes halogenated alkanes) is 1. The Hall–Kier alpha value is -0.820. The van der Waals surface area contributed by atoms with Crippen molar-refractivity contribution in [1.29, 1.82) is 0 Å². The molecule has 0 aliphatic heterocycles. The number of nitrogen functional groups attached to an aromatic ring is 1. The van der Waals surface area contributed by atoms with Gasteiger partial charge in [-0.05, 0) is 37.7 Å². The van der Waals surface area contributed by atoms with Crippen LogP contribution in [-0.4, -0.2) is 24.1 Å². The fourth-order valence-corrected chi connectivity index (χ4v) is 5.00. The molecule has 2 rings (SSSR count). The molecule has 0 bridgehead atoms. The predicted octanol–water partition coefficient (Wildman–Crippen LogP) is 2.65. The molecule has 1 fully saturated rings. The van der Waals surface area contributed by atoms with E-state index in [4.69, 9.17) is 5.73 Å². The monoisotopic (exact) mass is 303 g/mol. The molecule has 5 nitrogen and oxygen atoms in total. The first-order chi connectivity index (χ1) is 8.96. The number of nitrogens with two attached hydrogens (primary N) is 1. The molecule has 1 aromatic rings. The number of hydrogen-bond donors (Lipinski definition) is 2. The molecule has 7 heteroatoms. The maximum absolute atomic E-state index is 12.3. The van der Waals surface area contributed by atoms with Crippen molar-refractivity contribution >= 4 is 32.2 Å². The van der Waals surface area contributed by atoms with Gasteiger partial charge in [-0.15, -0.1) is 0 Å². The fraction of sp³-hybridized carbons (Fsp3) is 0.750. The maximum atomic E-state index is 12.3. The van der Waals surface area contributed by atoms with E-state index in [1.54, 1.807) is 0 Å². The van der Waals surface area contributed by atoms with Gasteiger partial charge >= 0.3 is 0 Å². The Morgan fingerprint density at radius 2 is 2.21 bits per heavy atom. The lowest BCUT2D eigenvalue weighted by Gasteiger charge is -2.14. The number of nitrogens with zero attached hydrogens (tertiary/aromatic N) is 1. The average molecular weight is 303 g/mol. The third kappa shape index (κ3) is 3.20. The van der Waals surface area contributed by atoms with E-state index in [2.05, 4.69) is 23.5 Å². The molecular formula is C12H21N3O2S2. The second-order valence-electron chi connectivity index (χ2n) is 5.16. The number of hydrogen-bond acceptors (Lipinski definition) is 6. The van der Waals surface area contributed by atoms with E-state index in [9.17, 15) is 8.42 Å². The van der Waals surface area contributed by atoms with Crippen molar-refractivity contribution in [1.82, 2.24) is 4.37 Å². The summed E-state index contributed by atoms with van der Waals surface area (Å²) < 4.78 is 28.7. The third-order valence-electron chi connectivity index (χ3n) is 3.29. The van der Waals surface area contributed by atoms with Crippen molar-refractivity contribution in [2.45, 2.75) is 62.1 Å². The van der Waals surface area contributed by atoms with Gasteiger partial charge in [0.05, 0.1) is 5.25 Å². The number of rotatable bonds is 7. The Bertz CT molecular complexity index is 535. The highest BCUT2D eigenvalue weighted by atomic mass is 32.2. The fourth-order valence-electron chi connectivity index (χ4n) is 2.01. The first kappa shape index (κ1) is 14.6. The summed E-state index contributed by atoms with van der Waals surface area (Å²) in [6.07, 6.45) is 4.74. The van der Waals surface area contributed by atoms with E-state index >= 15 is 0 Å². The van der Waals surface area contributed by atoms with Gasteiger partial charge in [-0.3, -0.25) is 0 Å². The summed E-state index contributed by atoms with van der Waals surface area (Å²) in [6, 6.07) is 0.230. The molecule has 1 saturated carbocycles. The predicted molar refractivity (Wildman–Crippen MR) is 79.3 cm³/mol. The van der Waals surface area contributed by atoms with E-state index in [1.807, 2.05) is 0 Å². The van der Waals surface area contributed by atoms with Gasteiger partial charge < -0.3 is 11.1 Å². The van der Waals surface area contributed by atoms with Gasteiger partial charge in [-0.2, -0.15) is 4.37 Å².